The Morgan fingerprint density at radius 3 is 1.33 bits per heavy atom. The largest absolute Gasteiger partial charge is 0.245 e. The molecule has 0 N–H and O–H groups in total. The summed E-state index contributed by atoms with van der Waals surface area (Å²) in [5, 5.41) is 7.09. The van der Waals surface area contributed by atoms with Crippen molar-refractivity contribution in [3.05, 3.63) is 224 Å². The van der Waals surface area contributed by atoms with Gasteiger partial charge < -0.3 is 0 Å². The minimum Gasteiger partial charge on any atom is -0.245 e. The van der Waals surface area contributed by atoms with E-state index < -0.39 is 0 Å². The number of rotatable bonds is 7. The van der Waals surface area contributed by atoms with Crippen molar-refractivity contribution in [1.82, 2.24) is 24.9 Å². The monoisotopic (exact) mass is 927 g/mol. The average molecular weight is 928 g/mol. The maximum Gasteiger partial charge on any atom is 0.165 e. The number of aromatic nitrogens is 5. The molecule has 326 valence electrons. The topological polar surface area (TPSA) is 64.5 Å². The van der Waals surface area contributed by atoms with Gasteiger partial charge in [0.1, 0.15) is 0 Å². The lowest BCUT2D eigenvalue weighted by molar-refractivity contribution is 1.08. The lowest BCUT2D eigenvalue weighted by atomic mass is 9.93. The number of hydrogen-bond acceptors (Lipinski definition) is 7. The van der Waals surface area contributed by atoms with Gasteiger partial charge in [-0.05, 0) is 70.8 Å². The van der Waals surface area contributed by atoms with E-state index >= 15 is 0 Å². The number of pyridine rings is 2. The van der Waals surface area contributed by atoms with Gasteiger partial charge >= 0.3 is 0 Å². The van der Waals surface area contributed by atoms with Gasteiger partial charge in [0.25, 0.3) is 0 Å². The normalized spacial score (nSPS) is 11.7. The van der Waals surface area contributed by atoms with Gasteiger partial charge in [-0.1, -0.05) is 176 Å². The molecule has 5 nitrogen and oxygen atoms in total. The third-order valence-corrected chi connectivity index (χ3v) is 15.8. The lowest BCUT2D eigenvalue weighted by Crippen LogP contribution is -2.00. The molecule has 5 heterocycles. The maximum atomic E-state index is 5.44. The second kappa shape index (κ2) is 16.5. The molecule has 0 bridgehead atoms. The highest BCUT2D eigenvalue weighted by Gasteiger charge is 2.19. The van der Waals surface area contributed by atoms with Crippen molar-refractivity contribution in [3.8, 4) is 78.9 Å². The summed E-state index contributed by atoms with van der Waals surface area (Å²) in [4.78, 5) is 26.1. The zero-order chi connectivity index (χ0) is 46.1. The predicted octanol–water partition coefficient (Wildman–Crippen LogP) is 17.4. The zero-order valence-electron chi connectivity index (χ0n) is 37.4. The van der Waals surface area contributed by atoms with Crippen molar-refractivity contribution in [2.75, 3.05) is 0 Å². The van der Waals surface area contributed by atoms with Crippen LogP contribution in [0.4, 0.5) is 0 Å². The summed E-state index contributed by atoms with van der Waals surface area (Å²) in [7, 11) is 0. The second-order valence-corrected chi connectivity index (χ2v) is 19.7. The smallest absolute Gasteiger partial charge is 0.165 e. The van der Waals surface area contributed by atoms with Crippen LogP contribution in [0.3, 0.4) is 0 Å². The van der Waals surface area contributed by atoms with E-state index in [0.29, 0.717) is 17.5 Å². The first-order valence-corrected chi connectivity index (χ1v) is 24.9. The molecule has 70 heavy (non-hydrogen) atoms. The molecule has 14 aromatic rings. The number of nitrogens with zero attached hydrogens (tertiary/aromatic N) is 5. The van der Waals surface area contributed by atoms with Crippen molar-refractivity contribution in [2.45, 2.75) is 0 Å². The lowest BCUT2D eigenvalue weighted by Gasteiger charge is -2.13. The Morgan fingerprint density at radius 2 is 0.700 bits per heavy atom. The van der Waals surface area contributed by atoms with Crippen LogP contribution in [-0.2, 0) is 0 Å². The first kappa shape index (κ1) is 40.3. The highest BCUT2D eigenvalue weighted by Crippen LogP contribution is 2.43. The summed E-state index contributed by atoms with van der Waals surface area (Å²) in [5.74, 6) is 1.91. The summed E-state index contributed by atoms with van der Waals surface area (Å²) in [5.41, 5.74) is 13.0. The molecule has 9 aromatic carbocycles. The Morgan fingerprint density at radius 1 is 0.257 bits per heavy atom. The molecule has 0 spiro atoms. The number of benzene rings is 9. The summed E-state index contributed by atoms with van der Waals surface area (Å²) < 4.78 is 4.95. The van der Waals surface area contributed by atoms with E-state index in [0.717, 1.165) is 77.7 Å². The molecule has 0 fully saturated rings. The summed E-state index contributed by atoms with van der Waals surface area (Å²) in [6.07, 6.45) is 0. The Balaban J connectivity index is 0.920. The summed E-state index contributed by atoms with van der Waals surface area (Å²) >= 11 is 3.63. The van der Waals surface area contributed by atoms with Crippen LogP contribution in [0.15, 0.2) is 224 Å². The van der Waals surface area contributed by atoms with E-state index in [1.807, 2.05) is 35.6 Å². The fourth-order valence-corrected chi connectivity index (χ4v) is 12.3. The van der Waals surface area contributed by atoms with Crippen LogP contribution in [0.25, 0.3) is 141 Å². The van der Waals surface area contributed by atoms with Crippen molar-refractivity contribution >= 4 is 84.8 Å². The van der Waals surface area contributed by atoms with E-state index in [2.05, 4.69) is 200 Å². The average Bonchev–Trinajstić information content (AvgIpc) is 4.02. The molecule has 0 aliphatic rings. The van der Waals surface area contributed by atoms with Gasteiger partial charge in [-0.15, -0.1) is 22.7 Å². The van der Waals surface area contributed by atoms with E-state index in [4.69, 9.17) is 24.9 Å². The molecule has 0 unspecified atom stereocenters. The molecule has 0 saturated carbocycles. The summed E-state index contributed by atoms with van der Waals surface area (Å²) in [6, 6.07) is 79.3. The third kappa shape index (κ3) is 6.94. The Kier molecular flexibility index (Phi) is 9.50. The molecule has 0 atom stereocenters. The van der Waals surface area contributed by atoms with Gasteiger partial charge in [0, 0.05) is 78.9 Å². The van der Waals surface area contributed by atoms with Crippen molar-refractivity contribution in [3.63, 3.8) is 0 Å². The second-order valence-electron chi connectivity index (χ2n) is 17.6. The Bertz CT molecular complexity index is 4350. The number of hydrogen-bond donors (Lipinski definition) is 0. The number of fused-ring (bicyclic) bond motifs is 9. The van der Waals surface area contributed by atoms with Crippen LogP contribution in [0.5, 0.6) is 0 Å². The first-order valence-electron chi connectivity index (χ1n) is 23.3. The standard InChI is InChI=1S/C63H37N5S2/c1-3-13-39(14-4-1)53-33-31-40-27-28-41-32-34-54(65-58(41)57(40)64-53)46-36-44(35-45(37-46)47-19-11-20-50-48-17-7-9-23-55(48)69-59(47)50)38-25-29-43(30-26-38)62-66-61(42-15-5-2-6-16-42)67-63(68-62)52-22-12-21-51-49-18-8-10-24-56(49)70-60(51)52/h1-37H. The van der Waals surface area contributed by atoms with E-state index in [1.165, 1.54) is 45.9 Å². The maximum absolute atomic E-state index is 5.44. The molecule has 7 heteroatoms. The number of thiophene rings is 2. The van der Waals surface area contributed by atoms with Gasteiger partial charge in [0.15, 0.2) is 17.5 Å². The van der Waals surface area contributed by atoms with Crippen LogP contribution in [0.1, 0.15) is 0 Å². The highest BCUT2D eigenvalue weighted by molar-refractivity contribution is 7.26. The van der Waals surface area contributed by atoms with Crippen molar-refractivity contribution < 1.29 is 0 Å². The predicted molar refractivity (Wildman–Crippen MR) is 294 cm³/mol. The van der Waals surface area contributed by atoms with Gasteiger partial charge in [-0.25, -0.2) is 24.9 Å². The minimum absolute atomic E-state index is 0.621. The van der Waals surface area contributed by atoms with Crippen LogP contribution < -0.4 is 0 Å². The Labute approximate surface area is 410 Å². The van der Waals surface area contributed by atoms with Gasteiger partial charge in [-0.2, -0.15) is 0 Å². The third-order valence-electron chi connectivity index (χ3n) is 13.3. The van der Waals surface area contributed by atoms with E-state index in [9.17, 15) is 0 Å². The molecule has 5 aromatic heterocycles. The first-order chi connectivity index (χ1) is 34.6. The summed E-state index contributed by atoms with van der Waals surface area (Å²) in [6.45, 7) is 0. The molecule has 0 saturated heterocycles. The SMILES string of the molecule is c1ccc(-c2ccc3ccc4ccc(-c5cc(-c6ccc(-c7nc(-c8ccccc8)nc(-c8cccc9c8sc8ccccc89)n7)cc6)cc(-c6cccc7c6sc6ccccc67)c5)nc4c3n2)cc1. The van der Waals surface area contributed by atoms with E-state index in [-0.39, 0.29) is 0 Å². The molecule has 14 rings (SSSR count). The van der Waals surface area contributed by atoms with Gasteiger partial charge in [-0.3, -0.25) is 0 Å². The van der Waals surface area contributed by atoms with Crippen LogP contribution in [0, 0.1) is 0 Å². The molecule has 0 amide bonds. The highest BCUT2D eigenvalue weighted by atomic mass is 32.1. The minimum atomic E-state index is 0.621. The molecule has 0 radical (unpaired) electrons. The quantitative estimate of drug-likeness (QED) is 0.149. The molecular formula is C63H37N5S2. The Hall–Kier alpha value is -8.75. The zero-order valence-corrected chi connectivity index (χ0v) is 39.0. The van der Waals surface area contributed by atoms with E-state index in [1.54, 1.807) is 11.3 Å². The van der Waals surface area contributed by atoms with Crippen LogP contribution in [0.2, 0.25) is 0 Å². The van der Waals surface area contributed by atoms with Gasteiger partial charge in [0.2, 0.25) is 0 Å². The fourth-order valence-electron chi connectivity index (χ4n) is 9.85. The van der Waals surface area contributed by atoms with Crippen LogP contribution >= 0.6 is 22.7 Å². The van der Waals surface area contributed by atoms with Crippen molar-refractivity contribution in [1.29, 1.82) is 0 Å². The molecular weight excluding hydrogens is 891 g/mol. The van der Waals surface area contributed by atoms with Gasteiger partial charge in [0.05, 0.1) is 22.4 Å². The molecule has 0 aliphatic carbocycles. The van der Waals surface area contributed by atoms with Crippen molar-refractivity contribution in [2.24, 2.45) is 0 Å². The fraction of sp³-hybridized carbons (Fsp3) is 0. The van der Waals surface area contributed by atoms with Crippen LogP contribution in [-0.4, -0.2) is 24.9 Å². The molecule has 0 aliphatic heterocycles.